The number of aryl methyl sites for hydroxylation is 2. The van der Waals surface area contributed by atoms with Gasteiger partial charge in [0.25, 0.3) is 5.91 Å². The molecule has 1 N–H and O–H groups in total. The number of esters is 1. The van der Waals surface area contributed by atoms with Crippen molar-refractivity contribution >= 4 is 28.2 Å². The van der Waals surface area contributed by atoms with Gasteiger partial charge in [0.1, 0.15) is 10.8 Å². The van der Waals surface area contributed by atoms with Crippen molar-refractivity contribution < 1.29 is 19.1 Å². The van der Waals surface area contributed by atoms with Gasteiger partial charge in [0.15, 0.2) is 6.61 Å². The van der Waals surface area contributed by atoms with Crippen molar-refractivity contribution in [3.63, 3.8) is 0 Å². The Bertz CT molecular complexity index is 935. The van der Waals surface area contributed by atoms with Gasteiger partial charge in [0.05, 0.1) is 12.7 Å². The number of nitrogens with one attached hydrogen (secondary N) is 1. The number of thiophene rings is 1. The maximum atomic E-state index is 12.6. The lowest BCUT2D eigenvalue weighted by Gasteiger charge is -2.33. The molecule has 0 spiro atoms. The maximum absolute atomic E-state index is 12.6. The predicted molar refractivity (Wildman–Crippen MR) is 121 cm³/mol. The van der Waals surface area contributed by atoms with Gasteiger partial charge in [-0.15, -0.1) is 11.3 Å². The van der Waals surface area contributed by atoms with E-state index in [1.54, 1.807) is 0 Å². The molecule has 30 heavy (non-hydrogen) atoms. The Morgan fingerprint density at radius 3 is 2.43 bits per heavy atom. The van der Waals surface area contributed by atoms with E-state index in [9.17, 15) is 9.59 Å². The number of methoxy groups -OCH3 is 1. The van der Waals surface area contributed by atoms with Gasteiger partial charge in [0.2, 0.25) is 0 Å². The van der Waals surface area contributed by atoms with E-state index in [0.29, 0.717) is 22.2 Å². The normalized spacial score (nSPS) is 16.0. The van der Waals surface area contributed by atoms with Crippen LogP contribution in [0.5, 0.6) is 5.75 Å². The van der Waals surface area contributed by atoms with Crippen LogP contribution >= 0.6 is 11.3 Å². The molecule has 2 aromatic rings. The van der Waals surface area contributed by atoms with Crippen LogP contribution in [0.4, 0.5) is 5.00 Å². The summed E-state index contributed by atoms with van der Waals surface area (Å²) in [7, 11) is 1.38. The summed E-state index contributed by atoms with van der Waals surface area (Å²) in [5.74, 6) is 0.525. The van der Waals surface area contributed by atoms with Crippen LogP contribution < -0.4 is 10.1 Å². The predicted octanol–water partition coefficient (Wildman–Crippen LogP) is 5.32. The highest BCUT2D eigenvalue weighted by atomic mass is 32.1. The van der Waals surface area contributed by atoms with E-state index < -0.39 is 5.97 Å². The maximum Gasteiger partial charge on any atom is 0.341 e. The minimum Gasteiger partial charge on any atom is -0.484 e. The molecule has 0 saturated carbocycles. The summed E-state index contributed by atoms with van der Waals surface area (Å²) in [6.45, 7) is 10.6. The average molecular weight is 430 g/mol. The first kappa shape index (κ1) is 22.3. The molecule has 3 rings (SSSR count). The van der Waals surface area contributed by atoms with Crippen molar-refractivity contribution in [2.75, 3.05) is 19.0 Å². The van der Waals surface area contributed by atoms with E-state index in [-0.39, 0.29) is 17.9 Å². The number of amides is 1. The second-order valence-corrected chi connectivity index (χ2v) is 10.3. The minimum atomic E-state index is -0.396. The highest BCUT2D eigenvalue weighted by Gasteiger charge is 2.34. The van der Waals surface area contributed by atoms with Crippen LogP contribution in [0.25, 0.3) is 0 Å². The molecule has 5 nitrogen and oxygen atoms in total. The number of rotatable bonds is 5. The van der Waals surface area contributed by atoms with E-state index in [1.807, 2.05) is 26.0 Å². The first-order valence-corrected chi connectivity index (χ1v) is 11.1. The molecule has 6 heteroatoms. The molecule has 0 unspecified atom stereocenters. The summed E-state index contributed by atoms with van der Waals surface area (Å²) in [5.41, 5.74) is 3.90. The largest absolute Gasteiger partial charge is 0.484 e. The lowest BCUT2D eigenvalue weighted by atomic mass is 9.72. The molecule has 0 aliphatic heterocycles. The molecule has 0 saturated heterocycles. The Hall–Kier alpha value is -2.34. The van der Waals surface area contributed by atoms with Crippen molar-refractivity contribution in [1.29, 1.82) is 0 Å². The van der Waals surface area contributed by atoms with Gasteiger partial charge in [-0.05, 0) is 73.3 Å². The molecule has 1 aliphatic rings. The number of anilines is 1. The summed E-state index contributed by atoms with van der Waals surface area (Å²) >= 11 is 1.49. The molecular weight excluding hydrogens is 398 g/mol. The summed E-state index contributed by atoms with van der Waals surface area (Å²) in [4.78, 5) is 26.2. The molecule has 1 atom stereocenters. The third-order valence-electron chi connectivity index (χ3n) is 5.70. The molecule has 162 valence electrons. The number of hydrogen-bond acceptors (Lipinski definition) is 5. The highest BCUT2D eigenvalue weighted by Crippen LogP contribution is 2.44. The van der Waals surface area contributed by atoms with Crippen molar-refractivity contribution in [2.24, 2.45) is 11.3 Å². The fourth-order valence-corrected chi connectivity index (χ4v) is 5.39. The molecule has 0 fully saturated rings. The number of hydrogen-bond donors (Lipinski definition) is 1. The summed E-state index contributed by atoms with van der Waals surface area (Å²) in [6, 6.07) is 5.85. The number of carbonyl (C=O) groups excluding carboxylic acids is 2. The van der Waals surface area contributed by atoms with Gasteiger partial charge < -0.3 is 14.8 Å². The summed E-state index contributed by atoms with van der Waals surface area (Å²) in [5, 5.41) is 3.45. The SMILES string of the molecule is COC(=O)c1c(NC(=O)COc2cc(C)cc(C)c2)sc2c1CC[C@H](C(C)(C)C)C2. The summed E-state index contributed by atoms with van der Waals surface area (Å²) < 4.78 is 10.7. The highest BCUT2D eigenvalue weighted by molar-refractivity contribution is 7.17. The monoisotopic (exact) mass is 429 g/mol. The molecule has 1 amide bonds. The van der Waals surface area contributed by atoms with Gasteiger partial charge >= 0.3 is 5.97 Å². The van der Waals surface area contributed by atoms with Gasteiger partial charge in [-0.2, -0.15) is 0 Å². The lowest BCUT2D eigenvalue weighted by Crippen LogP contribution is -2.26. The zero-order valence-corrected chi connectivity index (χ0v) is 19.5. The average Bonchev–Trinajstić information content (AvgIpc) is 3.01. The Balaban J connectivity index is 1.77. The fraction of sp³-hybridized carbons (Fsp3) is 0.500. The minimum absolute atomic E-state index is 0.114. The van der Waals surface area contributed by atoms with E-state index in [4.69, 9.17) is 9.47 Å². The molecule has 1 aliphatic carbocycles. The third-order valence-corrected chi connectivity index (χ3v) is 6.87. The smallest absolute Gasteiger partial charge is 0.341 e. The number of benzene rings is 1. The zero-order chi connectivity index (χ0) is 22.1. The van der Waals surface area contributed by atoms with Gasteiger partial charge in [-0.3, -0.25) is 4.79 Å². The van der Waals surface area contributed by atoms with Gasteiger partial charge in [-0.25, -0.2) is 4.79 Å². The molecule has 1 heterocycles. The Kier molecular flexibility index (Phi) is 6.56. The number of ether oxygens (including phenoxy) is 2. The summed E-state index contributed by atoms with van der Waals surface area (Å²) in [6.07, 6.45) is 2.77. The lowest BCUT2D eigenvalue weighted by molar-refractivity contribution is -0.118. The second-order valence-electron chi connectivity index (χ2n) is 9.17. The van der Waals surface area contributed by atoms with Gasteiger partial charge in [-0.1, -0.05) is 26.8 Å². The molecule has 0 bridgehead atoms. The van der Waals surface area contributed by atoms with E-state index >= 15 is 0 Å². The standard InChI is InChI=1S/C24H31NO4S/c1-14-9-15(2)11-17(10-14)29-13-20(26)25-22-21(23(27)28-6)18-8-7-16(24(3,4)5)12-19(18)30-22/h9-11,16H,7-8,12-13H2,1-6H3,(H,25,26)/t16-/m0/s1. The fourth-order valence-electron chi connectivity index (χ4n) is 4.06. The molecular formula is C24H31NO4S. The van der Waals surface area contributed by atoms with Crippen molar-refractivity contribution in [3.05, 3.63) is 45.3 Å². The van der Waals surface area contributed by atoms with Crippen LogP contribution in [0.1, 0.15) is 59.1 Å². The van der Waals surface area contributed by atoms with Crippen LogP contribution in [0.2, 0.25) is 0 Å². The molecule has 1 aromatic heterocycles. The van der Waals surface area contributed by atoms with Crippen molar-refractivity contribution in [1.82, 2.24) is 0 Å². The Morgan fingerprint density at radius 2 is 1.83 bits per heavy atom. The molecule has 1 aromatic carbocycles. The van der Waals surface area contributed by atoms with Crippen molar-refractivity contribution in [3.8, 4) is 5.75 Å². The van der Waals surface area contributed by atoms with E-state index in [0.717, 1.165) is 36.0 Å². The Morgan fingerprint density at radius 1 is 1.17 bits per heavy atom. The number of fused-ring (bicyclic) bond motifs is 1. The van der Waals surface area contributed by atoms with Crippen LogP contribution in [0.15, 0.2) is 18.2 Å². The first-order valence-electron chi connectivity index (χ1n) is 10.3. The van der Waals surface area contributed by atoms with Crippen LogP contribution in [0.3, 0.4) is 0 Å². The third kappa shape index (κ3) is 5.04. The van der Waals surface area contributed by atoms with Crippen LogP contribution in [-0.4, -0.2) is 25.6 Å². The van der Waals surface area contributed by atoms with E-state index in [2.05, 4.69) is 32.2 Å². The van der Waals surface area contributed by atoms with Crippen LogP contribution in [0, 0.1) is 25.2 Å². The Labute approximate surface area is 182 Å². The first-order chi connectivity index (χ1) is 14.1. The van der Waals surface area contributed by atoms with Crippen LogP contribution in [-0.2, 0) is 22.4 Å². The van der Waals surface area contributed by atoms with Gasteiger partial charge in [0, 0.05) is 4.88 Å². The second kappa shape index (κ2) is 8.80. The quantitative estimate of drug-likeness (QED) is 0.653. The zero-order valence-electron chi connectivity index (χ0n) is 18.7. The van der Waals surface area contributed by atoms with E-state index in [1.165, 1.54) is 23.3 Å². The topological polar surface area (TPSA) is 64.6 Å². The van der Waals surface area contributed by atoms with Crippen molar-refractivity contribution in [2.45, 2.75) is 53.9 Å². The molecule has 0 radical (unpaired) electrons. The number of carbonyl (C=O) groups is 2.